The molecule has 1 heterocycles. The highest BCUT2D eigenvalue weighted by atomic mass is 28.4. The van der Waals surface area contributed by atoms with Crippen LogP contribution in [0.4, 0.5) is 4.79 Å². The number of rotatable bonds is 16. The second-order valence-electron chi connectivity index (χ2n) is 18.7. The van der Waals surface area contributed by atoms with Crippen LogP contribution >= 0.6 is 0 Å². The molecule has 5 rings (SSSR count). The molecule has 57 heavy (non-hydrogen) atoms. The van der Waals surface area contributed by atoms with Gasteiger partial charge in [-0.2, -0.15) is 0 Å². The van der Waals surface area contributed by atoms with Crippen molar-refractivity contribution in [3.8, 4) is 0 Å². The van der Waals surface area contributed by atoms with Crippen molar-refractivity contribution in [2.24, 2.45) is 11.8 Å². The molecule has 0 radical (unpaired) electrons. The van der Waals surface area contributed by atoms with Crippen LogP contribution < -0.4 is 5.32 Å². The monoisotopic (exact) mass is 801 g/mol. The molecular weight excluding hydrogens is 735 g/mol. The average Bonchev–Trinajstić information content (AvgIpc) is 3.48. The first-order chi connectivity index (χ1) is 26.8. The number of hydrogen-bond donors (Lipinski definition) is 1. The summed E-state index contributed by atoms with van der Waals surface area (Å²) in [4.78, 5) is 29.6. The van der Waals surface area contributed by atoms with Crippen LogP contribution in [-0.2, 0) is 51.5 Å². The van der Waals surface area contributed by atoms with Crippen molar-refractivity contribution >= 4 is 20.4 Å². The highest BCUT2D eigenvalue weighted by Gasteiger charge is 2.60. The molecule has 0 unspecified atom stereocenters. The van der Waals surface area contributed by atoms with Crippen LogP contribution in [0.15, 0.2) is 91.0 Å². The Morgan fingerprint density at radius 3 is 2.00 bits per heavy atom. The number of esters is 1. The van der Waals surface area contributed by atoms with Gasteiger partial charge in [-0.05, 0) is 79.3 Å². The largest absolute Gasteiger partial charge is 0.460 e. The lowest BCUT2D eigenvalue weighted by molar-refractivity contribution is -0.184. The molecular formula is C47H67NO8Si. The van der Waals surface area contributed by atoms with Crippen molar-refractivity contribution in [1.82, 2.24) is 5.32 Å². The molecule has 0 spiro atoms. The first-order valence-electron chi connectivity index (χ1n) is 20.7. The third-order valence-corrected chi connectivity index (χ3v) is 17.0. The summed E-state index contributed by atoms with van der Waals surface area (Å²) < 4.78 is 39.0. The van der Waals surface area contributed by atoms with Gasteiger partial charge in [0.25, 0.3) is 0 Å². The zero-order valence-electron chi connectivity index (χ0n) is 36.0. The number of carbonyl (C=O) groups excluding carboxylic acids is 2. The van der Waals surface area contributed by atoms with Crippen LogP contribution in [-0.4, -0.2) is 63.2 Å². The van der Waals surface area contributed by atoms with Gasteiger partial charge in [-0.3, -0.25) is 0 Å². The van der Waals surface area contributed by atoms with Crippen LogP contribution in [0.2, 0.25) is 18.1 Å². The Balaban J connectivity index is 1.54. The van der Waals surface area contributed by atoms with E-state index in [9.17, 15) is 4.79 Å². The lowest BCUT2D eigenvalue weighted by Gasteiger charge is -2.46. The molecule has 312 valence electrons. The van der Waals surface area contributed by atoms with Gasteiger partial charge in [0, 0.05) is 12.5 Å². The third-order valence-electron chi connectivity index (χ3n) is 12.4. The summed E-state index contributed by atoms with van der Waals surface area (Å²) in [6.07, 6.45) is 0.106. The molecule has 9 nitrogen and oxygen atoms in total. The number of alkyl carbamates (subject to hydrolysis) is 1. The predicted octanol–water partition coefficient (Wildman–Crippen LogP) is 10.1. The quantitative estimate of drug-likeness (QED) is 0.113. The fraction of sp³-hybridized carbons (Fsp3) is 0.574. The molecule has 2 aliphatic rings. The second kappa shape index (κ2) is 18.6. The van der Waals surface area contributed by atoms with Gasteiger partial charge >= 0.3 is 12.1 Å². The maximum atomic E-state index is 15.5. The molecule has 1 amide bonds. The second-order valence-corrected chi connectivity index (χ2v) is 23.5. The average molecular weight is 802 g/mol. The minimum absolute atomic E-state index is 0.00279. The molecule has 1 saturated heterocycles. The van der Waals surface area contributed by atoms with Crippen molar-refractivity contribution in [2.45, 2.75) is 147 Å². The van der Waals surface area contributed by atoms with Gasteiger partial charge in [0.2, 0.25) is 0 Å². The van der Waals surface area contributed by atoms with Gasteiger partial charge < -0.3 is 33.4 Å². The smallest absolute Gasteiger partial charge is 0.408 e. The van der Waals surface area contributed by atoms with E-state index >= 15 is 4.79 Å². The Hall–Kier alpha value is -3.54. The van der Waals surface area contributed by atoms with Gasteiger partial charge in [0.1, 0.15) is 18.8 Å². The van der Waals surface area contributed by atoms with Gasteiger partial charge in [-0.25, -0.2) is 9.59 Å². The molecule has 0 bridgehead atoms. The summed E-state index contributed by atoms with van der Waals surface area (Å²) in [5.41, 5.74) is 0.743. The molecule has 1 N–H and O–H groups in total. The zero-order chi connectivity index (χ0) is 41.5. The Morgan fingerprint density at radius 1 is 0.825 bits per heavy atom. The fourth-order valence-electron chi connectivity index (χ4n) is 7.98. The molecule has 6 atom stereocenters. The highest BCUT2D eigenvalue weighted by Crippen LogP contribution is 2.45. The van der Waals surface area contributed by atoms with Crippen molar-refractivity contribution in [3.63, 3.8) is 0 Å². The summed E-state index contributed by atoms with van der Waals surface area (Å²) in [6.45, 7) is 21.7. The molecule has 3 aromatic rings. The number of amides is 1. The van der Waals surface area contributed by atoms with E-state index in [0.29, 0.717) is 25.4 Å². The fourth-order valence-corrected chi connectivity index (χ4v) is 9.04. The van der Waals surface area contributed by atoms with Crippen LogP contribution in [0.25, 0.3) is 0 Å². The summed E-state index contributed by atoms with van der Waals surface area (Å²) in [6, 6.07) is 29.6. The lowest BCUT2D eigenvalue weighted by Crippen LogP contribution is -2.68. The minimum Gasteiger partial charge on any atom is -0.460 e. The van der Waals surface area contributed by atoms with E-state index in [2.05, 4.69) is 84.2 Å². The molecule has 1 aliphatic carbocycles. The molecule has 0 aromatic heterocycles. The van der Waals surface area contributed by atoms with E-state index in [0.717, 1.165) is 24.0 Å². The summed E-state index contributed by atoms with van der Waals surface area (Å²) in [5, 5.41) is 3.02. The molecule has 3 aromatic carbocycles. The van der Waals surface area contributed by atoms with E-state index in [1.165, 1.54) is 5.56 Å². The van der Waals surface area contributed by atoms with Crippen LogP contribution in [0.3, 0.4) is 0 Å². The van der Waals surface area contributed by atoms with Crippen molar-refractivity contribution in [1.29, 1.82) is 0 Å². The number of carbonyl (C=O) groups is 2. The molecule has 10 heteroatoms. The van der Waals surface area contributed by atoms with E-state index in [-0.39, 0.29) is 36.2 Å². The van der Waals surface area contributed by atoms with Gasteiger partial charge in [-0.1, -0.05) is 139 Å². The first kappa shape index (κ1) is 44.6. The standard InChI is InChI=1S/C47H67NO8Si/c1-34-26-27-38(45(5,6)37-24-18-13-19-25-37)40(30-34)54-42(49)47(33-51-31-35-20-14-11-15-21-35,48-43(50)52-32-36-22-16-12-17-23-36)41-39(55-46(7,8)56-41)28-29-53-57(9,10)44(2,3)4/h11-25,34,38-41H,26-33H2,1-10H3,(H,48,50)/t34-,38-,39-,40-,41+,47-/m1/s1. The highest BCUT2D eigenvalue weighted by molar-refractivity contribution is 6.74. The number of nitrogens with one attached hydrogen (secondary N) is 1. The van der Waals surface area contributed by atoms with Crippen LogP contribution in [0.1, 0.15) is 97.8 Å². The van der Waals surface area contributed by atoms with E-state index in [1.807, 2.05) is 80.6 Å². The van der Waals surface area contributed by atoms with E-state index < -0.39 is 50.0 Å². The topological polar surface area (TPSA) is 102 Å². The third kappa shape index (κ3) is 11.4. The van der Waals surface area contributed by atoms with Crippen molar-refractivity contribution < 1.29 is 37.7 Å². The van der Waals surface area contributed by atoms with E-state index in [1.54, 1.807) is 0 Å². The summed E-state index contributed by atoms with van der Waals surface area (Å²) >= 11 is 0. The van der Waals surface area contributed by atoms with Gasteiger partial charge in [-0.15, -0.1) is 0 Å². The lowest BCUT2D eigenvalue weighted by atomic mass is 9.64. The maximum Gasteiger partial charge on any atom is 0.408 e. The zero-order valence-corrected chi connectivity index (χ0v) is 37.0. The summed E-state index contributed by atoms with van der Waals surface area (Å²) in [7, 11) is -2.12. The number of ether oxygens (including phenoxy) is 5. The van der Waals surface area contributed by atoms with Crippen molar-refractivity contribution in [2.75, 3.05) is 13.2 Å². The number of benzene rings is 3. The summed E-state index contributed by atoms with van der Waals surface area (Å²) in [5.74, 6) is -1.38. The van der Waals surface area contributed by atoms with Crippen LogP contribution in [0, 0.1) is 11.8 Å². The predicted molar refractivity (Wildman–Crippen MR) is 226 cm³/mol. The number of hydrogen-bond acceptors (Lipinski definition) is 8. The Labute approximate surface area is 342 Å². The van der Waals surface area contributed by atoms with E-state index in [4.69, 9.17) is 28.1 Å². The maximum absolute atomic E-state index is 15.5. The Morgan fingerprint density at radius 2 is 1.40 bits per heavy atom. The Bertz CT molecular complexity index is 1730. The van der Waals surface area contributed by atoms with Crippen molar-refractivity contribution in [3.05, 3.63) is 108 Å². The molecule has 1 aliphatic heterocycles. The van der Waals surface area contributed by atoms with Gasteiger partial charge in [0.15, 0.2) is 19.6 Å². The minimum atomic E-state index is -2.12. The Kier molecular flexibility index (Phi) is 14.5. The van der Waals surface area contributed by atoms with Gasteiger partial charge in [0.05, 0.1) is 19.3 Å². The van der Waals surface area contributed by atoms with Crippen LogP contribution in [0.5, 0.6) is 0 Å². The normalized spacial score (nSPS) is 23.6. The SMILES string of the molecule is C[C@@H]1CC[C@@H](C(C)(C)c2ccccc2)[C@H](OC(=O)[C@](COCc2ccccc2)(NC(=O)OCc2ccccc2)[C@H]2OC(C)(C)O[C@@H]2CCO[Si](C)(C)C(C)(C)C)C1. The molecule has 1 saturated carbocycles. The first-order valence-corrected chi connectivity index (χ1v) is 23.6. The molecule has 2 fully saturated rings.